The summed E-state index contributed by atoms with van der Waals surface area (Å²) in [6.07, 6.45) is 0.928. The van der Waals surface area contributed by atoms with E-state index in [1.807, 2.05) is 6.92 Å². The lowest BCUT2D eigenvalue weighted by Crippen LogP contribution is -2.48. The molecule has 120 valence electrons. The first-order valence-corrected chi connectivity index (χ1v) is 8.20. The third-order valence-corrected chi connectivity index (χ3v) is 5.45. The molecule has 2 aliphatic rings. The van der Waals surface area contributed by atoms with Gasteiger partial charge in [-0.1, -0.05) is 13.3 Å². The van der Waals surface area contributed by atoms with E-state index >= 15 is 0 Å². The Labute approximate surface area is 128 Å². The maximum Gasteiger partial charge on any atom is 0.315 e. The topological polar surface area (TPSA) is 88.7 Å². The van der Waals surface area contributed by atoms with Crippen molar-refractivity contribution in [2.75, 3.05) is 20.0 Å². The van der Waals surface area contributed by atoms with Crippen LogP contribution in [0.25, 0.3) is 0 Å². The van der Waals surface area contributed by atoms with Crippen LogP contribution >= 0.6 is 11.8 Å². The Morgan fingerprint density at radius 3 is 2.76 bits per heavy atom. The highest BCUT2D eigenvalue weighted by Crippen LogP contribution is 2.36. The third-order valence-electron chi connectivity index (χ3n) is 3.89. The number of nitrogens with one attached hydrogen (secondary N) is 3. The molecule has 3 N–H and O–H groups in total. The average molecular weight is 317 g/mol. The summed E-state index contributed by atoms with van der Waals surface area (Å²) in [5, 5.41) is 8.63. The van der Waals surface area contributed by atoms with Gasteiger partial charge in [-0.15, -0.1) is 0 Å². The first-order valence-electron chi connectivity index (χ1n) is 7.15. The van der Waals surface area contributed by atoms with Gasteiger partial charge in [-0.05, 0) is 6.42 Å². The number of carbonyl (C=O) groups is 2. The van der Waals surface area contributed by atoms with Gasteiger partial charge in [0, 0.05) is 25.2 Å². The molecule has 2 aliphatic heterocycles. The first kappa shape index (κ1) is 16.4. The molecular weight excluding hydrogens is 294 g/mol. The molecule has 2 saturated heterocycles. The number of thioether (sulfide) groups is 1. The lowest BCUT2D eigenvalue weighted by atomic mass is 9.91. The maximum atomic E-state index is 12.5. The van der Waals surface area contributed by atoms with Gasteiger partial charge in [0.25, 0.3) is 0 Å². The minimum Gasteiger partial charge on any atom is -0.339 e. The van der Waals surface area contributed by atoms with Crippen molar-refractivity contribution in [2.45, 2.75) is 43.5 Å². The minimum atomic E-state index is -0.740. The Bertz CT molecular complexity index is 392. The molecule has 0 aromatic heterocycles. The summed E-state index contributed by atoms with van der Waals surface area (Å²) in [6, 6.07) is -0.0220. The zero-order valence-corrected chi connectivity index (χ0v) is 13.4. The first-order chi connectivity index (χ1) is 10.1. The van der Waals surface area contributed by atoms with Gasteiger partial charge in [-0.3, -0.25) is 4.79 Å². The molecule has 2 fully saturated rings. The smallest absolute Gasteiger partial charge is 0.315 e. The molecule has 4 atom stereocenters. The molecule has 0 radical (unpaired) electrons. The highest BCUT2D eigenvalue weighted by atomic mass is 32.2. The summed E-state index contributed by atoms with van der Waals surface area (Å²) in [7, 11) is 2.95. The predicted molar refractivity (Wildman–Crippen MR) is 79.8 cm³/mol. The van der Waals surface area contributed by atoms with Gasteiger partial charge in [0.1, 0.15) is 0 Å². The molecule has 0 aromatic rings. The SMILES string of the molecule is CCCC(C(=O)NC(OC)OC)C1SCC2NC(=O)NC21. The maximum absolute atomic E-state index is 12.5. The van der Waals surface area contributed by atoms with Crippen molar-refractivity contribution in [1.29, 1.82) is 0 Å². The molecule has 2 rings (SSSR count). The van der Waals surface area contributed by atoms with E-state index in [1.54, 1.807) is 11.8 Å². The van der Waals surface area contributed by atoms with Crippen LogP contribution in [-0.4, -0.2) is 55.7 Å². The summed E-state index contributed by atoms with van der Waals surface area (Å²) in [5.41, 5.74) is 0. The van der Waals surface area contributed by atoms with E-state index < -0.39 is 6.41 Å². The molecule has 0 saturated carbocycles. The summed E-state index contributed by atoms with van der Waals surface area (Å²) >= 11 is 1.74. The number of amides is 3. The molecular formula is C13H23N3O4S. The number of carbonyl (C=O) groups excluding carboxylic acids is 2. The fourth-order valence-electron chi connectivity index (χ4n) is 2.89. The van der Waals surface area contributed by atoms with Crippen molar-refractivity contribution in [2.24, 2.45) is 5.92 Å². The van der Waals surface area contributed by atoms with Gasteiger partial charge in [-0.2, -0.15) is 11.8 Å². The standard InChI is InChI=1S/C13H23N3O4S/c1-4-5-7(11(17)16-13(19-2)20-3)10-9-8(6-21-10)14-12(18)15-9/h7-10,13H,4-6H2,1-3H3,(H,16,17)(H2,14,15,18). The van der Waals surface area contributed by atoms with E-state index in [0.717, 1.165) is 18.6 Å². The molecule has 4 unspecified atom stereocenters. The van der Waals surface area contributed by atoms with Gasteiger partial charge < -0.3 is 25.4 Å². The van der Waals surface area contributed by atoms with Gasteiger partial charge in [-0.25, -0.2) is 4.79 Å². The molecule has 21 heavy (non-hydrogen) atoms. The van der Waals surface area contributed by atoms with Crippen LogP contribution in [0.2, 0.25) is 0 Å². The van der Waals surface area contributed by atoms with Crippen LogP contribution in [0.5, 0.6) is 0 Å². The minimum absolute atomic E-state index is 0.00772. The Morgan fingerprint density at radius 1 is 1.43 bits per heavy atom. The summed E-state index contributed by atoms with van der Waals surface area (Å²) in [6.45, 7) is 2.05. The molecule has 0 aromatic carbocycles. The number of methoxy groups -OCH3 is 2. The van der Waals surface area contributed by atoms with Crippen LogP contribution in [0.15, 0.2) is 0 Å². The molecule has 3 amide bonds. The van der Waals surface area contributed by atoms with Crippen molar-refractivity contribution in [1.82, 2.24) is 16.0 Å². The van der Waals surface area contributed by atoms with Crippen molar-refractivity contribution in [3.63, 3.8) is 0 Å². The van der Waals surface area contributed by atoms with Gasteiger partial charge in [0.2, 0.25) is 12.3 Å². The van der Waals surface area contributed by atoms with Crippen LogP contribution in [-0.2, 0) is 14.3 Å². The van der Waals surface area contributed by atoms with E-state index in [-0.39, 0.29) is 35.2 Å². The van der Waals surface area contributed by atoms with Crippen LogP contribution in [0.3, 0.4) is 0 Å². The largest absolute Gasteiger partial charge is 0.339 e. The van der Waals surface area contributed by atoms with E-state index in [9.17, 15) is 9.59 Å². The van der Waals surface area contributed by atoms with Crippen molar-refractivity contribution in [3.8, 4) is 0 Å². The van der Waals surface area contributed by atoms with Crippen LogP contribution in [0.4, 0.5) is 4.79 Å². The molecule has 7 nitrogen and oxygen atoms in total. The fourth-order valence-corrected chi connectivity index (χ4v) is 4.56. The van der Waals surface area contributed by atoms with Crippen LogP contribution in [0, 0.1) is 5.92 Å². The Hall–Kier alpha value is -0.990. The zero-order valence-electron chi connectivity index (χ0n) is 12.5. The van der Waals surface area contributed by atoms with E-state index in [1.165, 1.54) is 14.2 Å². The second kappa shape index (κ2) is 7.33. The highest BCUT2D eigenvalue weighted by Gasteiger charge is 2.47. The Balaban J connectivity index is 2.04. The monoisotopic (exact) mass is 317 g/mol. The molecule has 0 spiro atoms. The quantitative estimate of drug-likeness (QED) is 0.463. The van der Waals surface area contributed by atoms with Crippen molar-refractivity contribution in [3.05, 3.63) is 0 Å². The number of hydrogen-bond donors (Lipinski definition) is 3. The zero-order chi connectivity index (χ0) is 15.4. The molecule has 8 heteroatoms. The number of urea groups is 1. The summed E-state index contributed by atoms with van der Waals surface area (Å²) in [5.74, 6) is 0.562. The fraction of sp³-hybridized carbons (Fsp3) is 0.846. The Kier molecular flexibility index (Phi) is 5.72. The third kappa shape index (κ3) is 3.61. The van der Waals surface area contributed by atoms with Gasteiger partial charge in [0.05, 0.1) is 18.0 Å². The van der Waals surface area contributed by atoms with Crippen LogP contribution in [0.1, 0.15) is 19.8 Å². The second-order valence-electron chi connectivity index (χ2n) is 5.26. The molecule has 0 bridgehead atoms. The van der Waals surface area contributed by atoms with Crippen LogP contribution < -0.4 is 16.0 Å². The lowest BCUT2D eigenvalue weighted by molar-refractivity contribution is -0.152. The highest BCUT2D eigenvalue weighted by molar-refractivity contribution is 8.00. The number of hydrogen-bond acceptors (Lipinski definition) is 5. The summed E-state index contributed by atoms with van der Waals surface area (Å²) < 4.78 is 10.0. The molecule has 2 heterocycles. The van der Waals surface area contributed by atoms with E-state index in [0.29, 0.717) is 0 Å². The average Bonchev–Trinajstić information content (AvgIpc) is 3.01. The predicted octanol–water partition coefficient (Wildman–Crippen LogP) is 0.261. The van der Waals surface area contributed by atoms with E-state index in [2.05, 4.69) is 16.0 Å². The number of rotatable bonds is 7. The van der Waals surface area contributed by atoms with E-state index in [4.69, 9.17) is 9.47 Å². The van der Waals surface area contributed by atoms with Gasteiger partial charge >= 0.3 is 6.03 Å². The number of ether oxygens (including phenoxy) is 2. The van der Waals surface area contributed by atoms with Crippen molar-refractivity contribution < 1.29 is 19.1 Å². The second-order valence-corrected chi connectivity index (χ2v) is 6.47. The number of fused-ring (bicyclic) bond motifs is 1. The lowest BCUT2D eigenvalue weighted by Gasteiger charge is -2.27. The van der Waals surface area contributed by atoms with Gasteiger partial charge in [0.15, 0.2) is 0 Å². The molecule has 0 aliphatic carbocycles. The normalized spacial score (nSPS) is 29.0. The van der Waals surface area contributed by atoms with Crippen molar-refractivity contribution >= 4 is 23.7 Å². The Morgan fingerprint density at radius 2 is 2.14 bits per heavy atom. The summed E-state index contributed by atoms with van der Waals surface area (Å²) in [4.78, 5) is 24.0.